The van der Waals surface area contributed by atoms with Gasteiger partial charge in [-0.3, -0.25) is 14.7 Å². The third kappa shape index (κ3) is 4.75. The second kappa shape index (κ2) is 8.41. The molecule has 1 aromatic rings. The van der Waals surface area contributed by atoms with Gasteiger partial charge in [0.1, 0.15) is 0 Å². The molecule has 0 aliphatic carbocycles. The maximum Gasteiger partial charge on any atom is 0.224 e. The van der Waals surface area contributed by atoms with Crippen LogP contribution in [0, 0.1) is 5.92 Å². The Hall–Kier alpha value is -1.46. The van der Waals surface area contributed by atoms with E-state index in [1.165, 1.54) is 5.56 Å². The number of carbonyl (C=O) groups is 1. The van der Waals surface area contributed by atoms with Crippen LogP contribution in [-0.4, -0.2) is 54.7 Å². The van der Waals surface area contributed by atoms with Gasteiger partial charge in [-0.05, 0) is 50.3 Å². The van der Waals surface area contributed by atoms with E-state index in [2.05, 4.69) is 15.2 Å². The Morgan fingerprint density at radius 3 is 3.00 bits per heavy atom. The molecule has 2 aliphatic heterocycles. The zero-order chi connectivity index (χ0) is 15.9. The number of nitrogens with one attached hydrogen (secondary N) is 1. The molecule has 5 nitrogen and oxygen atoms in total. The zero-order valence-corrected chi connectivity index (χ0v) is 13.7. The van der Waals surface area contributed by atoms with Crippen molar-refractivity contribution in [3.05, 3.63) is 30.1 Å². The van der Waals surface area contributed by atoms with Gasteiger partial charge in [-0.2, -0.15) is 0 Å². The van der Waals surface area contributed by atoms with Gasteiger partial charge in [-0.1, -0.05) is 6.07 Å². The summed E-state index contributed by atoms with van der Waals surface area (Å²) in [6, 6.07) is 4.59. The normalized spacial score (nSPS) is 23.6. The van der Waals surface area contributed by atoms with Gasteiger partial charge >= 0.3 is 0 Å². The molecule has 3 rings (SSSR count). The first kappa shape index (κ1) is 16.4. The molecule has 0 radical (unpaired) electrons. The number of aromatic nitrogens is 1. The van der Waals surface area contributed by atoms with Crippen molar-refractivity contribution in [1.29, 1.82) is 0 Å². The monoisotopic (exact) mass is 317 g/mol. The Morgan fingerprint density at radius 1 is 1.35 bits per heavy atom. The van der Waals surface area contributed by atoms with Crippen LogP contribution in [0.4, 0.5) is 0 Å². The molecule has 2 fully saturated rings. The number of carbonyl (C=O) groups excluding carboxylic acids is 1. The summed E-state index contributed by atoms with van der Waals surface area (Å²) in [5, 5.41) is 3.11. The summed E-state index contributed by atoms with van der Waals surface area (Å²) in [7, 11) is 0. The van der Waals surface area contributed by atoms with E-state index >= 15 is 0 Å². The van der Waals surface area contributed by atoms with Gasteiger partial charge in [0.2, 0.25) is 5.91 Å². The summed E-state index contributed by atoms with van der Waals surface area (Å²) < 4.78 is 5.45. The Bertz CT molecular complexity index is 488. The van der Waals surface area contributed by atoms with Gasteiger partial charge in [0.05, 0.1) is 5.92 Å². The molecule has 0 saturated carbocycles. The number of amides is 1. The Balaban J connectivity index is 1.43. The number of pyridine rings is 1. The smallest absolute Gasteiger partial charge is 0.224 e. The van der Waals surface area contributed by atoms with E-state index in [9.17, 15) is 4.79 Å². The first-order chi connectivity index (χ1) is 11.3. The molecule has 5 heteroatoms. The Morgan fingerprint density at radius 2 is 2.22 bits per heavy atom. The van der Waals surface area contributed by atoms with Crippen molar-refractivity contribution in [1.82, 2.24) is 15.2 Å². The molecule has 126 valence electrons. The van der Waals surface area contributed by atoms with Crippen LogP contribution in [0.1, 0.15) is 31.2 Å². The molecule has 1 atom stereocenters. The Kier molecular flexibility index (Phi) is 6.00. The predicted octanol–water partition coefficient (Wildman–Crippen LogP) is 1.63. The van der Waals surface area contributed by atoms with Crippen LogP contribution in [0.15, 0.2) is 24.5 Å². The lowest BCUT2D eigenvalue weighted by atomic mass is 9.94. The topological polar surface area (TPSA) is 54.5 Å². The van der Waals surface area contributed by atoms with Gasteiger partial charge in [-0.25, -0.2) is 0 Å². The highest BCUT2D eigenvalue weighted by molar-refractivity contribution is 5.78. The second-order valence-electron chi connectivity index (χ2n) is 6.58. The molecule has 1 aromatic heterocycles. The van der Waals surface area contributed by atoms with Crippen LogP contribution in [0.2, 0.25) is 0 Å². The summed E-state index contributed by atoms with van der Waals surface area (Å²) in [6.45, 7) is 4.46. The minimum Gasteiger partial charge on any atom is -0.381 e. The molecule has 0 bridgehead atoms. The number of piperidine rings is 1. The molecule has 3 heterocycles. The number of nitrogens with zero attached hydrogens (tertiary/aromatic N) is 2. The van der Waals surface area contributed by atoms with E-state index in [-0.39, 0.29) is 11.8 Å². The SMILES string of the molecule is O=C(NCCc1cccnc1)[C@H]1CCCN(C2CCOCC2)C1. The lowest BCUT2D eigenvalue weighted by Gasteiger charge is -2.39. The number of rotatable bonds is 5. The number of ether oxygens (including phenoxy) is 1. The highest BCUT2D eigenvalue weighted by Crippen LogP contribution is 2.23. The minimum absolute atomic E-state index is 0.139. The van der Waals surface area contributed by atoms with Gasteiger partial charge in [-0.15, -0.1) is 0 Å². The van der Waals surface area contributed by atoms with E-state index in [4.69, 9.17) is 4.74 Å². The van der Waals surface area contributed by atoms with Gasteiger partial charge < -0.3 is 10.1 Å². The molecular weight excluding hydrogens is 290 g/mol. The van der Waals surface area contributed by atoms with E-state index in [1.807, 2.05) is 18.3 Å². The molecule has 0 spiro atoms. The summed E-state index contributed by atoms with van der Waals surface area (Å²) in [5.74, 6) is 0.353. The van der Waals surface area contributed by atoms with E-state index in [0.717, 1.165) is 58.4 Å². The number of hydrogen-bond donors (Lipinski definition) is 1. The second-order valence-corrected chi connectivity index (χ2v) is 6.58. The van der Waals surface area contributed by atoms with Crippen molar-refractivity contribution in [2.45, 2.75) is 38.1 Å². The summed E-state index contributed by atoms with van der Waals surface area (Å²) in [4.78, 5) is 19.1. The largest absolute Gasteiger partial charge is 0.381 e. The quantitative estimate of drug-likeness (QED) is 0.897. The van der Waals surface area contributed by atoms with Crippen LogP contribution in [0.5, 0.6) is 0 Å². The van der Waals surface area contributed by atoms with Crippen molar-refractivity contribution in [2.75, 3.05) is 32.8 Å². The molecule has 1 N–H and O–H groups in total. The minimum atomic E-state index is 0.139. The first-order valence-corrected chi connectivity index (χ1v) is 8.81. The van der Waals surface area contributed by atoms with Gasteiger partial charge in [0.15, 0.2) is 0 Å². The van der Waals surface area contributed by atoms with Crippen molar-refractivity contribution in [3.63, 3.8) is 0 Å². The van der Waals surface area contributed by atoms with Gasteiger partial charge in [0, 0.05) is 44.7 Å². The fourth-order valence-electron chi connectivity index (χ4n) is 3.62. The number of hydrogen-bond acceptors (Lipinski definition) is 4. The summed E-state index contributed by atoms with van der Waals surface area (Å²) >= 11 is 0. The summed E-state index contributed by atoms with van der Waals surface area (Å²) in [5.41, 5.74) is 1.17. The van der Waals surface area contributed by atoms with Crippen LogP contribution >= 0.6 is 0 Å². The molecule has 2 aliphatic rings. The molecule has 1 amide bonds. The van der Waals surface area contributed by atoms with Crippen LogP contribution in [0.3, 0.4) is 0 Å². The molecule has 23 heavy (non-hydrogen) atoms. The highest BCUT2D eigenvalue weighted by atomic mass is 16.5. The Labute approximate surface area is 138 Å². The first-order valence-electron chi connectivity index (χ1n) is 8.81. The van der Waals surface area contributed by atoms with Crippen molar-refractivity contribution >= 4 is 5.91 Å². The lowest BCUT2D eigenvalue weighted by Crippen LogP contribution is -2.48. The van der Waals surface area contributed by atoms with E-state index in [1.54, 1.807) is 6.20 Å². The number of likely N-dealkylation sites (tertiary alicyclic amines) is 1. The molecule has 2 saturated heterocycles. The highest BCUT2D eigenvalue weighted by Gasteiger charge is 2.30. The van der Waals surface area contributed by atoms with E-state index in [0.29, 0.717) is 12.6 Å². The summed E-state index contributed by atoms with van der Waals surface area (Å²) in [6.07, 6.45) is 8.83. The van der Waals surface area contributed by atoms with E-state index < -0.39 is 0 Å². The lowest BCUT2D eigenvalue weighted by molar-refractivity contribution is -0.127. The predicted molar refractivity (Wildman–Crippen MR) is 89.1 cm³/mol. The fourth-order valence-corrected chi connectivity index (χ4v) is 3.62. The van der Waals surface area contributed by atoms with Crippen LogP contribution in [0.25, 0.3) is 0 Å². The molecule has 0 unspecified atom stereocenters. The van der Waals surface area contributed by atoms with Crippen molar-refractivity contribution in [2.24, 2.45) is 5.92 Å². The van der Waals surface area contributed by atoms with Crippen LogP contribution in [-0.2, 0) is 16.0 Å². The van der Waals surface area contributed by atoms with Crippen molar-refractivity contribution < 1.29 is 9.53 Å². The maximum absolute atomic E-state index is 12.4. The average Bonchev–Trinajstić information content (AvgIpc) is 2.63. The third-order valence-electron chi connectivity index (χ3n) is 4.97. The van der Waals surface area contributed by atoms with Crippen LogP contribution < -0.4 is 5.32 Å². The molecule has 0 aromatic carbocycles. The average molecular weight is 317 g/mol. The van der Waals surface area contributed by atoms with Crippen molar-refractivity contribution in [3.8, 4) is 0 Å². The third-order valence-corrected chi connectivity index (χ3v) is 4.97. The maximum atomic E-state index is 12.4. The standard InChI is InChI=1S/C18H27N3O2/c22-18(20-9-5-15-3-1-8-19-13-15)16-4-2-10-21(14-16)17-6-11-23-12-7-17/h1,3,8,13,16-17H,2,4-7,9-12,14H2,(H,20,22)/t16-/m0/s1. The van der Waals surface area contributed by atoms with Gasteiger partial charge in [0.25, 0.3) is 0 Å². The fraction of sp³-hybridized carbons (Fsp3) is 0.667. The zero-order valence-electron chi connectivity index (χ0n) is 13.7. The molecular formula is C18H27N3O2.